The lowest BCUT2D eigenvalue weighted by Gasteiger charge is -2.58. The van der Waals surface area contributed by atoms with Gasteiger partial charge in [-0.1, -0.05) is 38.5 Å². The second kappa shape index (κ2) is 6.13. The summed E-state index contributed by atoms with van der Waals surface area (Å²) in [6, 6.07) is 0. The highest BCUT2D eigenvalue weighted by Gasteiger charge is 2.54. The van der Waals surface area contributed by atoms with Crippen LogP contribution in [0.5, 0.6) is 0 Å². The molecule has 2 N–H and O–H groups in total. The van der Waals surface area contributed by atoms with Gasteiger partial charge in [0.1, 0.15) is 0 Å². The number of rotatable bonds is 5. The molecule has 2 saturated carbocycles. The summed E-state index contributed by atoms with van der Waals surface area (Å²) in [6.07, 6.45) is 9.10. The summed E-state index contributed by atoms with van der Waals surface area (Å²) < 4.78 is 0. The maximum absolute atomic E-state index is 10.3. The molecule has 2 rings (SSSR count). The van der Waals surface area contributed by atoms with Crippen LogP contribution in [0.25, 0.3) is 0 Å². The van der Waals surface area contributed by atoms with Crippen LogP contribution in [0.4, 0.5) is 0 Å². The summed E-state index contributed by atoms with van der Waals surface area (Å²) in [6.45, 7) is 14.9. The van der Waals surface area contributed by atoms with E-state index in [2.05, 4.69) is 27.0 Å². The molecular weight excluding hydrogens is 272 g/mol. The summed E-state index contributed by atoms with van der Waals surface area (Å²) in [5.74, 6) is 1.01. The zero-order chi connectivity index (χ0) is 16.6. The molecule has 2 aliphatic carbocycles. The summed E-state index contributed by atoms with van der Waals surface area (Å²) in [4.78, 5) is 0. The number of aliphatic hydroxyl groups is 2. The largest absolute Gasteiger partial charge is 0.396 e. The fourth-order valence-electron chi connectivity index (χ4n) is 5.34. The molecule has 0 unspecified atom stereocenters. The van der Waals surface area contributed by atoms with Gasteiger partial charge >= 0.3 is 0 Å². The summed E-state index contributed by atoms with van der Waals surface area (Å²) in [5, 5.41) is 20.3. The highest BCUT2D eigenvalue weighted by atomic mass is 16.3. The third-order valence-corrected chi connectivity index (χ3v) is 6.88. The Morgan fingerprint density at radius 2 is 2.05 bits per heavy atom. The Kier molecular flexibility index (Phi) is 4.94. The van der Waals surface area contributed by atoms with Gasteiger partial charge in [0.15, 0.2) is 0 Å². The fourth-order valence-corrected chi connectivity index (χ4v) is 5.34. The third kappa shape index (κ3) is 3.05. The van der Waals surface area contributed by atoms with E-state index in [0.717, 1.165) is 32.1 Å². The fraction of sp³-hybridized carbons (Fsp3) is 0.800. The molecule has 0 aromatic heterocycles. The summed E-state index contributed by atoms with van der Waals surface area (Å²) in [5.41, 5.74) is 0.814. The first-order valence-electron chi connectivity index (χ1n) is 8.83. The van der Waals surface area contributed by atoms with E-state index in [1.807, 2.05) is 6.92 Å². The molecule has 2 nitrogen and oxygen atoms in total. The zero-order valence-corrected chi connectivity index (χ0v) is 14.7. The molecule has 22 heavy (non-hydrogen) atoms. The third-order valence-electron chi connectivity index (χ3n) is 6.88. The second-order valence-corrected chi connectivity index (χ2v) is 8.57. The lowest BCUT2D eigenvalue weighted by atomic mass is 9.46. The van der Waals surface area contributed by atoms with E-state index in [0.29, 0.717) is 11.8 Å². The molecule has 5 atom stereocenters. The van der Waals surface area contributed by atoms with Crippen molar-refractivity contribution in [3.8, 4) is 0 Å². The first-order chi connectivity index (χ1) is 10.2. The monoisotopic (exact) mass is 306 g/mol. The van der Waals surface area contributed by atoms with Crippen LogP contribution in [-0.4, -0.2) is 22.4 Å². The lowest BCUT2D eigenvalue weighted by Crippen LogP contribution is -2.52. The van der Waals surface area contributed by atoms with E-state index in [1.54, 1.807) is 6.08 Å². The number of fused-ring (bicyclic) bond motifs is 1. The lowest BCUT2D eigenvalue weighted by molar-refractivity contribution is -0.0885. The van der Waals surface area contributed by atoms with Gasteiger partial charge < -0.3 is 10.2 Å². The summed E-state index contributed by atoms with van der Waals surface area (Å²) >= 11 is 0. The molecule has 0 radical (unpaired) electrons. The van der Waals surface area contributed by atoms with E-state index in [1.165, 1.54) is 18.4 Å². The van der Waals surface area contributed by atoms with Crippen molar-refractivity contribution in [3.05, 3.63) is 24.8 Å². The van der Waals surface area contributed by atoms with Crippen molar-refractivity contribution >= 4 is 0 Å². The first kappa shape index (κ1) is 17.7. The SMILES string of the molecule is C=C[C@](C)(O)CC[C@H]1C(=C)CC[C@H]2[C@](C)(CO)CCC[C@]12C. The number of hydrogen-bond donors (Lipinski definition) is 2. The molecule has 2 heteroatoms. The average Bonchev–Trinajstić information content (AvgIpc) is 2.46. The molecule has 0 spiro atoms. The standard InChI is InChI=1S/C20H34O2/c1-6-19(4,22)13-10-16-15(2)8-9-17-18(3,14-21)11-7-12-20(16,17)5/h6,16-17,21-22H,1-2,7-14H2,3-5H3/t16-,17-,18-,19-,20+/m0/s1. The van der Waals surface area contributed by atoms with Crippen molar-refractivity contribution in [2.75, 3.05) is 6.61 Å². The number of aliphatic hydroxyl groups excluding tert-OH is 1. The van der Waals surface area contributed by atoms with Gasteiger partial charge in [-0.15, -0.1) is 6.58 Å². The summed E-state index contributed by atoms with van der Waals surface area (Å²) in [7, 11) is 0. The highest BCUT2D eigenvalue weighted by Crippen LogP contribution is 2.61. The van der Waals surface area contributed by atoms with E-state index < -0.39 is 5.60 Å². The van der Waals surface area contributed by atoms with Crippen LogP contribution in [0.3, 0.4) is 0 Å². The molecule has 0 bridgehead atoms. The van der Waals surface area contributed by atoms with Crippen molar-refractivity contribution in [1.82, 2.24) is 0 Å². The predicted octanol–water partition coefficient (Wildman–Crippen LogP) is 4.47. The molecule has 0 aromatic rings. The van der Waals surface area contributed by atoms with Crippen LogP contribution in [0, 0.1) is 22.7 Å². The topological polar surface area (TPSA) is 40.5 Å². The van der Waals surface area contributed by atoms with Crippen LogP contribution in [-0.2, 0) is 0 Å². The second-order valence-electron chi connectivity index (χ2n) is 8.57. The molecule has 0 aliphatic heterocycles. The van der Waals surface area contributed by atoms with Crippen LogP contribution in [0.2, 0.25) is 0 Å². The van der Waals surface area contributed by atoms with Gasteiger partial charge in [-0.05, 0) is 68.1 Å². The number of allylic oxidation sites excluding steroid dienone is 1. The molecule has 0 heterocycles. The maximum atomic E-state index is 10.3. The molecule has 0 aromatic carbocycles. The van der Waals surface area contributed by atoms with Gasteiger partial charge in [0.2, 0.25) is 0 Å². The van der Waals surface area contributed by atoms with Gasteiger partial charge in [0, 0.05) is 6.61 Å². The Bertz CT molecular complexity index is 439. The molecule has 0 amide bonds. The van der Waals surface area contributed by atoms with Crippen LogP contribution in [0.1, 0.15) is 65.7 Å². The van der Waals surface area contributed by atoms with Crippen molar-refractivity contribution in [1.29, 1.82) is 0 Å². The van der Waals surface area contributed by atoms with Crippen molar-refractivity contribution in [3.63, 3.8) is 0 Å². The maximum Gasteiger partial charge on any atom is 0.0797 e. The normalized spacial score (nSPS) is 41.6. The minimum absolute atomic E-state index is 0.0485. The molecule has 126 valence electrons. The van der Waals surface area contributed by atoms with E-state index >= 15 is 0 Å². The van der Waals surface area contributed by atoms with Crippen LogP contribution >= 0.6 is 0 Å². The van der Waals surface area contributed by atoms with Crippen molar-refractivity contribution in [2.24, 2.45) is 22.7 Å². The van der Waals surface area contributed by atoms with Gasteiger partial charge in [-0.2, -0.15) is 0 Å². The molecule has 2 fully saturated rings. The smallest absolute Gasteiger partial charge is 0.0797 e. The zero-order valence-electron chi connectivity index (χ0n) is 14.7. The van der Waals surface area contributed by atoms with E-state index in [-0.39, 0.29) is 17.4 Å². The minimum Gasteiger partial charge on any atom is -0.396 e. The Morgan fingerprint density at radius 3 is 2.64 bits per heavy atom. The Balaban J connectivity index is 2.24. The van der Waals surface area contributed by atoms with E-state index in [9.17, 15) is 10.2 Å². The quantitative estimate of drug-likeness (QED) is 0.735. The molecular formula is C20H34O2. The highest BCUT2D eigenvalue weighted by molar-refractivity contribution is 5.16. The number of hydrogen-bond acceptors (Lipinski definition) is 2. The Hall–Kier alpha value is -0.600. The average molecular weight is 306 g/mol. The van der Waals surface area contributed by atoms with Gasteiger partial charge in [-0.3, -0.25) is 0 Å². The van der Waals surface area contributed by atoms with Gasteiger partial charge in [-0.25, -0.2) is 0 Å². The predicted molar refractivity (Wildman–Crippen MR) is 92.6 cm³/mol. The minimum atomic E-state index is -0.793. The Labute approximate surface area is 136 Å². The molecule has 2 aliphatic rings. The van der Waals surface area contributed by atoms with Gasteiger partial charge in [0.25, 0.3) is 0 Å². The van der Waals surface area contributed by atoms with E-state index in [4.69, 9.17) is 0 Å². The van der Waals surface area contributed by atoms with Crippen LogP contribution < -0.4 is 0 Å². The molecule has 0 saturated heterocycles. The van der Waals surface area contributed by atoms with Crippen LogP contribution in [0.15, 0.2) is 24.8 Å². The van der Waals surface area contributed by atoms with Crippen molar-refractivity contribution < 1.29 is 10.2 Å². The Morgan fingerprint density at radius 1 is 1.36 bits per heavy atom. The van der Waals surface area contributed by atoms with Crippen molar-refractivity contribution in [2.45, 2.75) is 71.3 Å². The van der Waals surface area contributed by atoms with Gasteiger partial charge in [0.05, 0.1) is 5.60 Å². The first-order valence-corrected chi connectivity index (χ1v) is 8.83.